The number of amides is 1. The molecular weight excluding hydrogens is 260 g/mol. The molecule has 1 unspecified atom stereocenters. The normalized spacial score (nSPS) is 18.2. The van der Waals surface area contributed by atoms with Gasteiger partial charge in [-0.3, -0.25) is 4.79 Å². The van der Waals surface area contributed by atoms with Crippen LogP contribution in [0, 0.1) is 6.92 Å². The first-order chi connectivity index (χ1) is 8.72. The number of hydrogen-bond acceptors (Lipinski definition) is 2. The molecule has 1 saturated heterocycles. The summed E-state index contributed by atoms with van der Waals surface area (Å²) in [7, 11) is 1.88. The van der Waals surface area contributed by atoms with Crippen LogP contribution in [0.4, 0.5) is 0 Å². The van der Waals surface area contributed by atoms with Gasteiger partial charge in [0.2, 0.25) is 5.91 Å². The molecule has 0 aliphatic carbocycles. The number of likely N-dealkylation sites (tertiary alicyclic amines) is 1. The van der Waals surface area contributed by atoms with Crippen LogP contribution >= 0.6 is 12.4 Å². The number of nitrogens with one attached hydrogen (secondary N) is 1. The van der Waals surface area contributed by atoms with Crippen molar-refractivity contribution in [2.75, 3.05) is 26.7 Å². The molecule has 1 atom stereocenters. The predicted molar refractivity (Wildman–Crippen MR) is 80.9 cm³/mol. The zero-order valence-electron chi connectivity index (χ0n) is 11.7. The Bertz CT molecular complexity index is 422. The largest absolute Gasteiger partial charge is 0.342 e. The number of carbonyl (C=O) groups excluding carboxylic acids is 1. The van der Waals surface area contributed by atoms with Gasteiger partial charge in [-0.2, -0.15) is 0 Å². The molecule has 1 aromatic rings. The first kappa shape index (κ1) is 16.0. The number of rotatable bonds is 4. The highest BCUT2D eigenvalue weighted by molar-refractivity contribution is 5.85. The zero-order chi connectivity index (χ0) is 13.0. The van der Waals surface area contributed by atoms with Gasteiger partial charge in [0.25, 0.3) is 0 Å². The highest BCUT2D eigenvalue weighted by Crippen LogP contribution is 2.29. The Morgan fingerprint density at radius 3 is 2.84 bits per heavy atom. The third-order valence-electron chi connectivity index (χ3n) is 3.76. The fraction of sp³-hybridized carbons (Fsp3) is 0.533. The number of aryl methyl sites for hydroxylation is 1. The highest BCUT2D eigenvalue weighted by atomic mass is 35.5. The Morgan fingerprint density at radius 2 is 2.16 bits per heavy atom. The van der Waals surface area contributed by atoms with Gasteiger partial charge >= 0.3 is 0 Å². The van der Waals surface area contributed by atoms with Gasteiger partial charge in [-0.1, -0.05) is 24.3 Å². The maximum absolute atomic E-state index is 12.0. The summed E-state index contributed by atoms with van der Waals surface area (Å²) in [4.78, 5) is 14.0. The lowest BCUT2D eigenvalue weighted by Gasteiger charge is -2.17. The number of benzene rings is 1. The molecule has 0 aromatic heterocycles. The minimum atomic E-state index is 0. The van der Waals surface area contributed by atoms with E-state index in [-0.39, 0.29) is 18.3 Å². The van der Waals surface area contributed by atoms with Gasteiger partial charge in [0, 0.05) is 32.0 Å². The summed E-state index contributed by atoms with van der Waals surface area (Å²) in [6, 6.07) is 8.51. The summed E-state index contributed by atoms with van der Waals surface area (Å²) in [6.45, 7) is 4.71. The van der Waals surface area contributed by atoms with Crippen LogP contribution in [0.3, 0.4) is 0 Å². The molecule has 1 heterocycles. The highest BCUT2D eigenvalue weighted by Gasteiger charge is 2.27. The third kappa shape index (κ3) is 3.95. The third-order valence-corrected chi connectivity index (χ3v) is 3.76. The molecule has 1 amide bonds. The maximum Gasteiger partial charge on any atom is 0.223 e. The molecule has 3 nitrogen and oxygen atoms in total. The Labute approximate surface area is 121 Å². The first-order valence-corrected chi connectivity index (χ1v) is 6.70. The topological polar surface area (TPSA) is 32.3 Å². The van der Waals surface area contributed by atoms with Gasteiger partial charge < -0.3 is 10.2 Å². The van der Waals surface area contributed by atoms with Gasteiger partial charge in [-0.15, -0.1) is 12.4 Å². The molecule has 1 aliphatic rings. The molecule has 4 heteroatoms. The Kier molecular flexibility index (Phi) is 6.32. The van der Waals surface area contributed by atoms with Crippen molar-refractivity contribution in [3.63, 3.8) is 0 Å². The van der Waals surface area contributed by atoms with Crippen molar-refractivity contribution < 1.29 is 4.79 Å². The molecule has 2 rings (SSSR count). The lowest BCUT2D eigenvalue weighted by molar-refractivity contribution is -0.130. The monoisotopic (exact) mass is 282 g/mol. The van der Waals surface area contributed by atoms with Gasteiger partial charge in [-0.25, -0.2) is 0 Å². The van der Waals surface area contributed by atoms with Gasteiger partial charge in [0.15, 0.2) is 0 Å². The Hall–Kier alpha value is -1.06. The molecule has 1 aliphatic heterocycles. The van der Waals surface area contributed by atoms with E-state index in [1.165, 1.54) is 11.1 Å². The van der Waals surface area contributed by atoms with Crippen LogP contribution < -0.4 is 5.32 Å². The van der Waals surface area contributed by atoms with Crippen molar-refractivity contribution in [2.45, 2.75) is 25.7 Å². The minimum absolute atomic E-state index is 0. The lowest BCUT2D eigenvalue weighted by Crippen LogP contribution is -2.30. The average Bonchev–Trinajstić information content (AvgIpc) is 2.86. The van der Waals surface area contributed by atoms with E-state index in [2.05, 4.69) is 36.5 Å². The summed E-state index contributed by atoms with van der Waals surface area (Å²) < 4.78 is 0. The van der Waals surface area contributed by atoms with E-state index in [9.17, 15) is 4.79 Å². The molecule has 0 bridgehead atoms. The fourth-order valence-electron chi connectivity index (χ4n) is 2.68. The van der Waals surface area contributed by atoms with E-state index in [1.54, 1.807) is 0 Å². The van der Waals surface area contributed by atoms with Crippen molar-refractivity contribution in [2.24, 2.45) is 0 Å². The Balaban J connectivity index is 0.00000180. The van der Waals surface area contributed by atoms with E-state index in [4.69, 9.17) is 0 Å². The van der Waals surface area contributed by atoms with Crippen LogP contribution in [-0.4, -0.2) is 37.5 Å². The number of nitrogens with zero attached hydrogens (tertiary/aromatic N) is 1. The molecule has 0 saturated carbocycles. The number of halogens is 1. The van der Waals surface area contributed by atoms with Crippen molar-refractivity contribution in [3.05, 3.63) is 35.4 Å². The molecule has 1 N–H and O–H groups in total. The summed E-state index contributed by atoms with van der Waals surface area (Å²) >= 11 is 0. The molecule has 19 heavy (non-hydrogen) atoms. The Morgan fingerprint density at radius 1 is 1.42 bits per heavy atom. The lowest BCUT2D eigenvalue weighted by atomic mass is 9.94. The van der Waals surface area contributed by atoms with E-state index < -0.39 is 0 Å². The van der Waals surface area contributed by atoms with Crippen molar-refractivity contribution in [1.29, 1.82) is 0 Å². The van der Waals surface area contributed by atoms with E-state index >= 15 is 0 Å². The van der Waals surface area contributed by atoms with Gasteiger partial charge in [0.1, 0.15) is 0 Å². The maximum atomic E-state index is 12.0. The summed E-state index contributed by atoms with van der Waals surface area (Å²) in [5.74, 6) is 0.796. The quantitative estimate of drug-likeness (QED) is 0.919. The smallest absolute Gasteiger partial charge is 0.223 e. The van der Waals surface area contributed by atoms with Crippen molar-refractivity contribution >= 4 is 18.3 Å². The number of carbonyl (C=O) groups is 1. The second-order valence-corrected chi connectivity index (χ2v) is 5.04. The summed E-state index contributed by atoms with van der Waals surface area (Å²) in [6.07, 6.45) is 1.70. The minimum Gasteiger partial charge on any atom is -0.342 e. The molecule has 1 aromatic carbocycles. The van der Waals surface area contributed by atoms with E-state index in [0.717, 1.165) is 26.1 Å². The van der Waals surface area contributed by atoms with Crippen LogP contribution in [0.25, 0.3) is 0 Å². The van der Waals surface area contributed by atoms with Crippen molar-refractivity contribution in [3.8, 4) is 0 Å². The van der Waals surface area contributed by atoms with Gasteiger partial charge in [-0.05, 0) is 31.5 Å². The fourth-order valence-corrected chi connectivity index (χ4v) is 2.68. The standard InChI is InChI=1S/C15H22N2O.ClH/c1-12-5-3-4-6-14(12)13-8-10-17(11-13)15(18)7-9-16-2;/h3-6,13,16H,7-11H2,1-2H3;1H. The van der Waals surface area contributed by atoms with Crippen LogP contribution in [0.5, 0.6) is 0 Å². The second-order valence-electron chi connectivity index (χ2n) is 5.04. The molecule has 1 fully saturated rings. The van der Waals surface area contributed by atoms with Crippen LogP contribution in [0.1, 0.15) is 29.9 Å². The summed E-state index contributed by atoms with van der Waals surface area (Å²) in [5, 5.41) is 3.03. The first-order valence-electron chi connectivity index (χ1n) is 6.70. The van der Waals surface area contributed by atoms with E-state index in [1.807, 2.05) is 11.9 Å². The van der Waals surface area contributed by atoms with Crippen LogP contribution in [0.2, 0.25) is 0 Å². The number of hydrogen-bond donors (Lipinski definition) is 1. The molecular formula is C15H23ClN2O. The summed E-state index contributed by atoms with van der Waals surface area (Å²) in [5.41, 5.74) is 2.74. The molecule has 106 valence electrons. The molecule has 0 radical (unpaired) electrons. The van der Waals surface area contributed by atoms with E-state index in [0.29, 0.717) is 12.3 Å². The second kappa shape index (κ2) is 7.51. The average molecular weight is 283 g/mol. The zero-order valence-corrected chi connectivity index (χ0v) is 12.5. The predicted octanol–water partition coefficient (Wildman–Crippen LogP) is 2.34. The van der Waals surface area contributed by atoms with Crippen molar-refractivity contribution in [1.82, 2.24) is 10.2 Å². The molecule has 0 spiro atoms. The van der Waals surface area contributed by atoms with Crippen LogP contribution in [-0.2, 0) is 4.79 Å². The SMILES string of the molecule is CNCCC(=O)N1CCC(c2ccccc2C)C1.Cl. The van der Waals surface area contributed by atoms with Gasteiger partial charge in [0.05, 0.1) is 0 Å². The van der Waals surface area contributed by atoms with Crippen LogP contribution in [0.15, 0.2) is 24.3 Å².